The fourth-order valence-electron chi connectivity index (χ4n) is 2.70. The lowest BCUT2D eigenvalue weighted by atomic mass is 10.1. The van der Waals surface area contributed by atoms with E-state index in [1.165, 1.54) is 0 Å². The Bertz CT molecular complexity index is 841. The van der Waals surface area contributed by atoms with Crippen LogP contribution in [0.2, 0.25) is 0 Å². The Labute approximate surface area is 152 Å². The van der Waals surface area contributed by atoms with Crippen molar-refractivity contribution in [3.05, 3.63) is 83.8 Å². The molecule has 26 heavy (non-hydrogen) atoms. The number of hydrogen-bond donors (Lipinski definition) is 1. The fraction of sp³-hybridized carbons (Fsp3) is 0.190. The predicted octanol–water partition coefficient (Wildman–Crippen LogP) is 3.77. The average molecular weight is 351 g/mol. The first kappa shape index (κ1) is 17.6. The fourth-order valence-corrected chi connectivity index (χ4v) is 2.70. The SMILES string of the molecule is COc1ccc(CC(=O)N(Cc2ccco2)Cc2ccccc2O)cc1. The summed E-state index contributed by atoms with van der Waals surface area (Å²) in [6.45, 7) is 0.651. The van der Waals surface area contributed by atoms with Gasteiger partial charge in [0.05, 0.1) is 26.3 Å². The number of phenolic OH excluding ortho intramolecular Hbond substituents is 1. The van der Waals surface area contributed by atoms with Crippen LogP contribution >= 0.6 is 0 Å². The number of rotatable bonds is 7. The molecule has 134 valence electrons. The van der Waals surface area contributed by atoms with E-state index in [1.807, 2.05) is 42.5 Å². The van der Waals surface area contributed by atoms with Crippen LogP contribution in [-0.4, -0.2) is 23.0 Å². The summed E-state index contributed by atoms with van der Waals surface area (Å²) in [5, 5.41) is 10.0. The van der Waals surface area contributed by atoms with Gasteiger partial charge in [0.15, 0.2) is 0 Å². The Kier molecular flexibility index (Phi) is 5.59. The molecule has 0 saturated carbocycles. The van der Waals surface area contributed by atoms with Gasteiger partial charge in [0.2, 0.25) is 5.91 Å². The predicted molar refractivity (Wildman–Crippen MR) is 97.8 cm³/mol. The van der Waals surface area contributed by atoms with E-state index in [0.717, 1.165) is 11.3 Å². The zero-order valence-electron chi connectivity index (χ0n) is 14.6. The maximum Gasteiger partial charge on any atom is 0.227 e. The summed E-state index contributed by atoms with van der Waals surface area (Å²) < 4.78 is 10.5. The molecule has 0 bridgehead atoms. The summed E-state index contributed by atoms with van der Waals surface area (Å²) in [7, 11) is 1.61. The van der Waals surface area contributed by atoms with E-state index >= 15 is 0 Å². The highest BCUT2D eigenvalue weighted by molar-refractivity contribution is 5.78. The first-order chi connectivity index (χ1) is 12.7. The van der Waals surface area contributed by atoms with E-state index in [2.05, 4.69) is 0 Å². The number of para-hydroxylation sites is 1. The van der Waals surface area contributed by atoms with Crippen LogP contribution in [0.4, 0.5) is 0 Å². The summed E-state index contributed by atoms with van der Waals surface area (Å²) in [6, 6.07) is 18.1. The molecule has 1 N–H and O–H groups in total. The molecule has 1 amide bonds. The number of amides is 1. The van der Waals surface area contributed by atoms with E-state index in [1.54, 1.807) is 36.5 Å². The van der Waals surface area contributed by atoms with Crippen LogP contribution in [0, 0.1) is 0 Å². The van der Waals surface area contributed by atoms with Crippen LogP contribution in [0.3, 0.4) is 0 Å². The van der Waals surface area contributed by atoms with E-state index < -0.39 is 0 Å². The third kappa shape index (κ3) is 4.45. The third-order valence-electron chi connectivity index (χ3n) is 4.15. The summed E-state index contributed by atoms with van der Waals surface area (Å²) >= 11 is 0. The van der Waals surface area contributed by atoms with Gasteiger partial charge in [-0.2, -0.15) is 0 Å². The quantitative estimate of drug-likeness (QED) is 0.704. The van der Waals surface area contributed by atoms with Gasteiger partial charge in [0.25, 0.3) is 0 Å². The second-order valence-corrected chi connectivity index (χ2v) is 5.98. The lowest BCUT2D eigenvalue weighted by Crippen LogP contribution is -2.31. The van der Waals surface area contributed by atoms with Gasteiger partial charge in [-0.15, -0.1) is 0 Å². The van der Waals surface area contributed by atoms with Crippen molar-refractivity contribution in [1.82, 2.24) is 4.90 Å². The van der Waals surface area contributed by atoms with E-state index in [0.29, 0.717) is 24.4 Å². The second-order valence-electron chi connectivity index (χ2n) is 5.98. The highest BCUT2D eigenvalue weighted by Crippen LogP contribution is 2.20. The van der Waals surface area contributed by atoms with Crippen molar-refractivity contribution in [1.29, 1.82) is 0 Å². The number of carbonyl (C=O) groups excluding carboxylic acids is 1. The van der Waals surface area contributed by atoms with E-state index in [-0.39, 0.29) is 18.1 Å². The summed E-state index contributed by atoms with van der Waals surface area (Å²) in [6.07, 6.45) is 1.85. The minimum absolute atomic E-state index is 0.0465. The van der Waals surface area contributed by atoms with Gasteiger partial charge in [0.1, 0.15) is 17.3 Å². The zero-order chi connectivity index (χ0) is 18.4. The molecule has 0 aliphatic heterocycles. The summed E-state index contributed by atoms with van der Waals surface area (Å²) in [5.74, 6) is 1.58. The van der Waals surface area contributed by atoms with Gasteiger partial charge in [-0.1, -0.05) is 30.3 Å². The van der Waals surface area contributed by atoms with Gasteiger partial charge >= 0.3 is 0 Å². The molecule has 0 unspecified atom stereocenters. The molecule has 5 heteroatoms. The molecule has 3 rings (SSSR count). The lowest BCUT2D eigenvalue weighted by Gasteiger charge is -2.22. The van der Waals surface area contributed by atoms with Crippen LogP contribution in [-0.2, 0) is 24.3 Å². The van der Waals surface area contributed by atoms with Crippen molar-refractivity contribution < 1.29 is 19.1 Å². The van der Waals surface area contributed by atoms with Gasteiger partial charge in [-0.25, -0.2) is 0 Å². The van der Waals surface area contributed by atoms with Crippen molar-refractivity contribution in [2.45, 2.75) is 19.5 Å². The first-order valence-electron chi connectivity index (χ1n) is 8.35. The molecule has 0 spiro atoms. The minimum atomic E-state index is -0.0465. The summed E-state index contributed by atoms with van der Waals surface area (Å²) in [5.41, 5.74) is 1.60. The van der Waals surface area contributed by atoms with Gasteiger partial charge in [0, 0.05) is 12.1 Å². The molecular weight excluding hydrogens is 330 g/mol. The molecule has 1 aromatic heterocycles. The Morgan fingerprint density at radius 1 is 1.04 bits per heavy atom. The summed E-state index contributed by atoms with van der Waals surface area (Å²) in [4.78, 5) is 14.6. The van der Waals surface area contributed by atoms with E-state index in [9.17, 15) is 9.90 Å². The largest absolute Gasteiger partial charge is 0.508 e. The van der Waals surface area contributed by atoms with Crippen molar-refractivity contribution in [2.24, 2.45) is 0 Å². The molecule has 0 atom stereocenters. The molecule has 3 aromatic rings. The van der Waals surface area contributed by atoms with Crippen molar-refractivity contribution in [2.75, 3.05) is 7.11 Å². The molecule has 0 radical (unpaired) electrons. The number of hydrogen-bond acceptors (Lipinski definition) is 4. The zero-order valence-corrected chi connectivity index (χ0v) is 14.6. The number of carbonyl (C=O) groups is 1. The lowest BCUT2D eigenvalue weighted by molar-refractivity contribution is -0.132. The molecule has 0 saturated heterocycles. The Morgan fingerprint density at radius 3 is 2.46 bits per heavy atom. The Morgan fingerprint density at radius 2 is 1.81 bits per heavy atom. The number of benzene rings is 2. The maximum absolute atomic E-state index is 12.9. The monoisotopic (exact) mass is 351 g/mol. The molecule has 1 heterocycles. The third-order valence-corrected chi connectivity index (χ3v) is 4.15. The number of ether oxygens (including phenoxy) is 1. The molecule has 0 aliphatic rings. The Balaban J connectivity index is 1.77. The molecular formula is C21H21NO4. The van der Waals surface area contributed by atoms with Crippen LogP contribution in [0.1, 0.15) is 16.9 Å². The highest BCUT2D eigenvalue weighted by Gasteiger charge is 2.18. The molecule has 5 nitrogen and oxygen atoms in total. The van der Waals surface area contributed by atoms with Gasteiger partial charge < -0.3 is 19.2 Å². The number of furan rings is 1. The van der Waals surface area contributed by atoms with Crippen LogP contribution in [0.15, 0.2) is 71.3 Å². The number of nitrogens with zero attached hydrogens (tertiary/aromatic N) is 1. The Hall–Kier alpha value is -3.21. The van der Waals surface area contributed by atoms with Crippen molar-refractivity contribution in [3.63, 3.8) is 0 Å². The average Bonchev–Trinajstić information content (AvgIpc) is 3.16. The highest BCUT2D eigenvalue weighted by atomic mass is 16.5. The van der Waals surface area contributed by atoms with Gasteiger partial charge in [-0.05, 0) is 35.9 Å². The number of phenols is 1. The molecule has 2 aromatic carbocycles. The number of aromatic hydroxyl groups is 1. The van der Waals surface area contributed by atoms with Crippen LogP contribution in [0.25, 0.3) is 0 Å². The molecule has 0 fully saturated rings. The molecule has 0 aliphatic carbocycles. The van der Waals surface area contributed by atoms with Crippen molar-refractivity contribution >= 4 is 5.91 Å². The van der Waals surface area contributed by atoms with Gasteiger partial charge in [-0.3, -0.25) is 4.79 Å². The smallest absolute Gasteiger partial charge is 0.227 e. The standard InChI is InChI=1S/C21H21NO4/c1-25-18-10-8-16(9-11-18)13-21(24)22(15-19-6-4-12-26-19)14-17-5-2-3-7-20(17)23/h2-12,23H,13-15H2,1H3. The van der Waals surface area contributed by atoms with E-state index in [4.69, 9.17) is 9.15 Å². The number of methoxy groups -OCH3 is 1. The van der Waals surface area contributed by atoms with Crippen molar-refractivity contribution in [3.8, 4) is 11.5 Å². The minimum Gasteiger partial charge on any atom is -0.508 e. The van der Waals surface area contributed by atoms with Crippen LogP contribution < -0.4 is 4.74 Å². The first-order valence-corrected chi connectivity index (χ1v) is 8.35. The maximum atomic E-state index is 12.9. The topological polar surface area (TPSA) is 62.9 Å². The second kappa shape index (κ2) is 8.25. The normalized spacial score (nSPS) is 10.5. The van der Waals surface area contributed by atoms with Crippen LogP contribution in [0.5, 0.6) is 11.5 Å².